The maximum Gasteiger partial charge on any atom is 0.315 e. The Labute approximate surface area is 136 Å². The lowest BCUT2D eigenvalue weighted by Crippen LogP contribution is -2.52. The summed E-state index contributed by atoms with van der Waals surface area (Å²) in [5, 5.41) is 5.84. The van der Waals surface area contributed by atoms with Crippen LogP contribution in [0.5, 0.6) is 0 Å². The van der Waals surface area contributed by atoms with E-state index in [9.17, 15) is 9.59 Å². The predicted octanol–water partition coefficient (Wildman–Crippen LogP) is 1.66. The highest BCUT2D eigenvalue weighted by Crippen LogP contribution is 2.18. The molecule has 0 bridgehead atoms. The Morgan fingerprint density at radius 1 is 1.22 bits per heavy atom. The van der Waals surface area contributed by atoms with Crippen molar-refractivity contribution in [2.24, 2.45) is 0 Å². The molecule has 2 N–H and O–H groups in total. The highest BCUT2D eigenvalue weighted by atomic mass is 16.5. The topological polar surface area (TPSA) is 70.7 Å². The fourth-order valence-electron chi connectivity index (χ4n) is 3.12. The first-order valence-electron chi connectivity index (χ1n) is 8.24. The lowest BCUT2D eigenvalue weighted by molar-refractivity contribution is -0.129. The van der Waals surface area contributed by atoms with Crippen LogP contribution in [0.1, 0.15) is 25.7 Å². The molecule has 1 heterocycles. The minimum Gasteiger partial charge on any atom is -0.365 e. The van der Waals surface area contributed by atoms with Crippen molar-refractivity contribution in [2.45, 2.75) is 37.8 Å². The number of ether oxygens (including phenoxy) is 1. The van der Waals surface area contributed by atoms with E-state index in [-0.39, 0.29) is 24.6 Å². The summed E-state index contributed by atoms with van der Waals surface area (Å²) in [6, 6.07) is 9.68. The van der Waals surface area contributed by atoms with Crippen molar-refractivity contribution in [3.63, 3.8) is 0 Å². The van der Waals surface area contributed by atoms with Crippen molar-refractivity contribution in [2.75, 3.05) is 24.6 Å². The summed E-state index contributed by atoms with van der Waals surface area (Å²) in [6.45, 7) is 0.896. The number of benzene rings is 1. The van der Waals surface area contributed by atoms with Gasteiger partial charge < -0.3 is 20.3 Å². The Balaban J connectivity index is 1.48. The largest absolute Gasteiger partial charge is 0.365 e. The maximum absolute atomic E-state index is 12.0. The normalized spacial score (nSPS) is 22.2. The van der Waals surface area contributed by atoms with Crippen molar-refractivity contribution >= 4 is 17.6 Å². The Morgan fingerprint density at radius 2 is 1.96 bits per heavy atom. The van der Waals surface area contributed by atoms with Gasteiger partial charge in [0.15, 0.2) is 0 Å². The van der Waals surface area contributed by atoms with E-state index in [1.165, 1.54) is 12.8 Å². The number of urea groups is 1. The fourth-order valence-corrected chi connectivity index (χ4v) is 3.12. The molecule has 1 atom stereocenters. The Morgan fingerprint density at radius 3 is 2.70 bits per heavy atom. The van der Waals surface area contributed by atoms with Gasteiger partial charge in [-0.05, 0) is 25.0 Å². The first-order chi connectivity index (χ1) is 11.2. The molecular formula is C17H23N3O3. The van der Waals surface area contributed by atoms with Gasteiger partial charge in [-0.1, -0.05) is 31.0 Å². The van der Waals surface area contributed by atoms with Crippen molar-refractivity contribution in [3.8, 4) is 0 Å². The number of para-hydroxylation sites is 1. The molecule has 1 aromatic rings. The van der Waals surface area contributed by atoms with Crippen molar-refractivity contribution < 1.29 is 14.3 Å². The average molecular weight is 317 g/mol. The van der Waals surface area contributed by atoms with Gasteiger partial charge in [-0.15, -0.1) is 0 Å². The van der Waals surface area contributed by atoms with Crippen molar-refractivity contribution in [1.29, 1.82) is 0 Å². The number of anilines is 1. The molecule has 23 heavy (non-hydrogen) atoms. The molecule has 1 saturated heterocycles. The Kier molecular flexibility index (Phi) is 5.12. The Hall–Kier alpha value is -2.08. The first-order valence-corrected chi connectivity index (χ1v) is 8.24. The van der Waals surface area contributed by atoms with Gasteiger partial charge in [-0.2, -0.15) is 0 Å². The number of carbonyl (C=O) groups is 2. The molecule has 124 valence electrons. The molecule has 2 fully saturated rings. The van der Waals surface area contributed by atoms with E-state index in [4.69, 9.17) is 4.74 Å². The molecule has 3 rings (SSSR count). The number of hydrogen-bond acceptors (Lipinski definition) is 3. The summed E-state index contributed by atoms with van der Waals surface area (Å²) in [6.07, 6.45) is 4.30. The average Bonchev–Trinajstić information content (AvgIpc) is 3.08. The zero-order valence-corrected chi connectivity index (χ0v) is 13.2. The summed E-state index contributed by atoms with van der Waals surface area (Å²) < 4.78 is 5.53. The second-order valence-electron chi connectivity index (χ2n) is 6.11. The standard InChI is InChI=1S/C17H23N3O3/c21-16-12-23-15(11-20(16)14-8-2-1-3-9-14)10-18-17(22)19-13-6-4-5-7-13/h1-3,8-9,13,15H,4-7,10-12H2,(H2,18,19,22). The zero-order chi connectivity index (χ0) is 16.1. The number of nitrogens with one attached hydrogen (secondary N) is 2. The fraction of sp³-hybridized carbons (Fsp3) is 0.529. The third-order valence-electron chi connectivity index (χ3n) is 4.38. The van der Waals surface area contributed by atoms with E-state index in [1.54, 1.807) is 4.90 Å². The minimum atomic E-state index is -0.192. The molecule has 1 unspecified atom stereocenters. The van der Waals surface area contributed by atoms with Gasteiger partial charge in [0, 0.05) is 18.3 Å². The van der Waals surface area contributed by atoms with Crippen LogP contribution in [-0.4, -0.2) is 43.8 Å². The number of hydrogen-bond donors (Lipinski definition) is 2. The van der Waals surface area contributed by atoms with E-state index in [1.807, 2.05) is 30.3 Å². The molecule has 1 aliphatic heterocycles. The molecule has 1 aliphatic carbocycles. The van der Waals surface area contributed by atoms with Gasteiger partial charge in [0.2, 0.25) is 0 Å². The molecule has 3 amide bonds. The van der Waals surface area contributed by atoms with E-state index in [0.717, 1.165) is 18.5 Å². The highest BCUT2D eigenvalue weighted by molar-refractivity contribution is 5.94. The quantitative estimate of drug-likeness (QED) is 0.887. The van der Waals surface area contributed by atoms with Crippen LogP contribution in [0.2, 0.25) is 0 Å². The van der Waals surface area contributed by atoms with E-state index in [2.05, 4.69) is 10.6 Å². The highest BCUT2D eigenvalue weighted by Gasteiger charge is 2.27. The first kappa shape index (κ1) is 15.8. The third kappa shape index (κ3) is 4.22. The smallest absolute Gasteiger partial charge is 0.315 e. The molecule has 0 aromatic heterocycles. The third-order valence-corrected chi connectivity index (χ3v) is 4.38. The number of rotatable bonds is 4. The lowest BCUT2D eigenvalue weighted by atomic mass is 10.2. The van der Waals surface area contributed by atoms with E-state index in [0.29, 0.717) is 19.1 Å². The van der Waals surface area contributed by atoms with Crippen LogP contribution in [0.3, 0.4) is 0 Å². The molecule has 0 spiro atoms. The number of morpholine rings is 1. The van der Waals surface area contributed by atoms with Gasteiger partial charge in [0.25, 0.3) is 5.91 Å². The van der Waals surface area contributed by atoms with Gasteiger partial charge in [0.05, 0.1) is 12.6 Å². The zero-order valence-electron chi connectivity index (χ0n) is 13.2. The van der Waals surface area contributed by atoms with Crippen molar-refractivity contribution in [1.82, 2.24) is 10.6 Å². The lowest BCUT2D eigenvalue weighted by Gasteiger charge is -2.33. The summed E-state index contributed by atoms with van der Waals surface area (Å²) in [5.74, 6) is -0.0529. The molecule has 1 aromatic carbocycles. The second-order valence-corrected chi connectivity index (χ2v) is 6.11. The van der Waals surface area contributed by atoms with Crippen molar-refractivity contribution in [3.05, 3.63) is 30.3 Å². The van der Waals surface area contributed by atoms with Crippen LogP contribution in [0.25, 0.3) is 0 Å². The minimum absolute atomic E-state index is 0.0471. The number of amides is 3. The predicted molar refractivity (Wildman–Crippen MR) is 87.3 cm³/mol. The van der Waals surface area contributed by atoms with Crippen LogP contribution in [0.15, 0.2) is 30.3 Å². The van der Waals surface area contributed by atoms with E-state index < -0.39 is 0 Å². The van der Waals surface area contributed by atoms with Crippen LogP contribution < -0.4 is 15.5 Å². The van der Waals surface area contributed by atoms with E-state index >= 15 is 0 Å². The van der Waals surface area contributed by atoms with Gasteiger partial charge in [-0.3, -0.25) is 4.79 Å². The summed E-state index contributed by atoms with van der Waals surface area (Å²) >= 11 is 0. The molecule has 1 saturated carbocycles. The van der Waals surface area contributed by atoms with Gasteiger partial charge >= 0.3 is 6.03 Å². The van der Waals surface area contributed by atoms with Crippen LogP contribution >= 0.6 is 0 Å². The summed E-state index contributed by atoms with van der Waals surface area (Å²) in [5.41, 5.74) is 0.862. The van der Waals surface area contributed by atoms with Gasteiger partial charge in [-0.25, -0.2) is 4.79 Å². The second kappa shape index (κ2) is 7.46. The molecular weight excluding hydrogens is 294 g/mol. The molecule has 6 heteroatoms. The number of carbonyl (C=O) groups excluding carboxylic acids is 2. The number of nitrogens with zero attached hydrogens (tertiary/aromatic N) is 1. The van der Waals surface area contributed by atoms with Crippen LogP contribution in [0, 0.1) is 0 Å². The molecule has 6 nitrogen and oxygen atoms in total. The molecule has 2 aliphatic rings. The van der Waals surface area contributed by atoms with Crippen LogP contribution in [0.4, 0.5) is 10.5 Å². The molecule has 0 radical (unpaired) electrons. The summed E-state index contributed by atoms with van der Waals surface area (Å²) in [7, 11) is 0. The monoisotopic (exact) mass is 317 g/mol. The maximum atomic E-state index is 12.0. The SMILES string of the molecule is O=C(NCC1CN(c2ccccc2)C(=O)CO1)NC1CCCC1. The summed E-state index contributed by atoms with van der Waals surface area (Å²) in [4.78, 5) is 25.6. The van der Waals surface area contributed by atoms with Gasteiger partial charge in [0.1, 0.15) is 6.61 Å². The van der Waals surface area contributed by atoms with Crippen LogP contribution in [-0.2, 0) is 9.53 Å². The Bertz CT molecular complexity index is 543.